The maximum atomic E-state index is 12.9. The topological polar surface area (TPSA) is 109 Å². The van der Waals surface area contributed by atoms with Crippen molar-refractivity contribution in [2.45, 2.75) is 25.3 Å². The molecule has 1 aromatic rings. The van der Waals surface area contributed by atoms with E-state index in [0.717, 1.165) is 17.6 Å². The SMILES string of the molecule is COC(=O)C1=NN(N=O)C2(CC(=O)N(c3ccc(C)cc3)C2=O)C1. The molecule has 9 nitrogen and oxygen atoms in total. The number of hydrogen-bond acceptors (Lipinski definition) is 7. The predicted octanol–water partition coefficient (Wildman–Crippen LogP) is 0.913. The number of carbonyl (C=O) groups excluding carboxylic acids is 3. The molecule has 9 heteroatoms. The van der Waals surface area contributed by atoms with E-state index in [2.05, 4.69) is 15.1 Å². The number of anilines is 1. The van der Waals surface area contributed by atoms with Crippen LogP contribution >= 0.6 is 0 Å². The van der Waals surface area contributed by atoms with E-state index in [1.54, 1.807) is 24.3 Å². The maximum Gasteiger partial charge on any atom is 0.354 e. The van der Waals surface area contributed by atoms with E-state index in [0.29, 0.717) is 10.8 Å². The number of carbonyl (C=O) groups is 3. The summed E-state index contributed by atoms with van der Waals surface area (Å²) >= 11 is 0. The molecule has 0 aromatic heterocycles. The van der Waals surface area contributed by atoms with Crippen LogP contribution in [0.1, 0.15) is 18.4 Å². The number of hydrogen-bond donors (Lipinski definition) is 0. The first kappa shape index (κ1) is 15.8. The number of imide groups is 1. The lowest BCUT2D eigenvalue weighted by Crippen LogP contribution is -2.48. The summed E-state index contributed by atoms with van der Waals surface area (Å²) in [6.45, 7) is 1.88. The Bertz CT molecular complexity index is 773. The number of amides is 2. The molecule has 124 valence electrons. The van der Waals surface area contributed by atoms with Crippen molar-refractivity contribution in [1.29, 1.82) is 0 Å². The minimum atomic E-state index is -1.60. The average molecular weight is 330 g/mol. The number of rotatable bonds is 3. The molecule has 0 bridgehead atoms. The van der Waals surface area contributed by atoms with Gasteiger partial charge in [-0.2, -0.15) is 0 Å². The summed E-state index contributed by atoms with van der Waals surface area (Å²) in [5, 5.41) is 7.05. The van der Waals surface area contributed by atoms with Gasteiger partial charge in [-0.15, -0.1) is 15.1 Å². The first-order valence-electron chi connectivity index (χ1n) is 7.16. The second-order valence-electron chi connectivity index (χ2n) is 5.66. The first-order valence-corrected chi connectivity index (χ1v) is 7.16. The molecule has 2 aliphatic heterocycles. The van der Waals surface area contributed by atoms with Crippen LogP contribution in [0, 0.1) is 11.8 Å². The van der Waals surface area contributed by atoms with Gasteiger partial charge in [0.25, 0.3) is 5.91 Å². The highest BCUT2D eigenvalue weighted by atomic mass is 16.5. The van der Waals surface area contributed by atoms with Crippen LogP contribution in [0.3, 0.4) is 0 Å². The number of benzene rings is 1. The van der Waals surface area contributed by atoms with Gasteiger partial charge in [0.2, 0.25) is 5.91 Å². The van der Waals surface area contributed by atoms with E-state index in [4.69, 9.17) is 0 Å². The largest absolute Gasteiger partial charge is 0.464 e. The molecular weight excluding hydrogens is 316 g/mol. The van der Waals surface area contributed by atoms with Gasteiger partial charge in [0.15, 0.2) is 11.3 Å². The molecule has 1 aromatic carbocycles. The summed E-state index contributed by atoms with van der Waals surface area (Å²) in [4.78, 5) is 49.0. The fourth-order valence-corrected chi connectivity index (χ4v) is 2.90. The Morgan fingerprint density at radius 2 is 1.92 bits per heavy atom. The minimum absolute atomic E-state index is 0.121. The van der Waals surface area contributed by atoms with Crippen LogP contribution in [-0.4, -0.2) is 41.3 Å². The van der Waals surface area contributed by atoms with Crippen molar-refractivity contribution in [2.24, 2.45) is 10.4 Å². The van der Waals surface area contributed by atoms with Crippen molar-refractivity contribution >= 4 is 29.2 Å². The van der Waals surface area contributed by atoms with Crippen molar-refractivity contribution < 1.29 is 19.1 Å². The second kappa shape index (κ2) is 5.52. The van der Waals surface area contributed by atoms with Gasteiger partial charge in [0.05, 0.1) is 24.5 Å². The third-order valence-corrected chi connectivity index (χ3v) is 4.14. The number of esters is 1. The smallest absolute Gasteiger partial charge is 0.354 e. The molecule has 2 heterocycles. The fourth-order valence-electron chi connectivity index (χ4n) is 2.90. The van der Waals surface area contributed by atoms with Crippen molar-refractivity contribution in [1.82, 2.24) is 5.12 Å². The highest BCUT2D eigenvalue weighted by Gasteiger charge is 2.61. The number of nitroso groups, excluding NO2 is 1. The van der Waals surface area contributed by atoms with E-state index in [1.165, 1.54) is 0 Å². The Morgan fingerprint density at radius 1 is 1.25 bits per heavy atom. The van der Waals surface area contributed by atoms with Crippen LogP contribution in [0.4, 0.5) is 5.69 Å². The highest BCUT2D eigenvalue weighted by Crippen LogP contribution is 2.40. The Kier molecular flexibility index (Phi) is 3.63. The second-order valence-corrected chi connectivity index (χ2v) is 5.66. The van der Waals surface area contributed by atoms with E-state index in [1.807, 2.05) is 6.92 Å². The van der Waals surface area contributed by atoms with E-state index >= 15 is 0 Å². The van der Waals surface area contributed by atoms with Crippen molar-refractivity contribution in [3.63, 3.8) is 0 Å². The maximum absolute atomic E-state index is 12.9. The Morgan fingerprint density at radius 3 is 2.50 bits per heavy atom. The van der Waals surface area contributed by atoms with Crippen LogP contribution < -0.4 is 4.90 Å². The highest BCUT2D eigenvalue weighted by molar-refractivity contribution is 6.39. The van der Waals surface area contributed by atoms with Crippen molar-refractivity contribution in [3.05, 3.63) is 34.7 Å². The molecule has 0 saturated carbocycles. The zero-order valence-electron chi connectivity index (χ0n) is 13.1. The number of nitrogens with zero attached hydrogens (tertiary/aromatic N) is 4. The van der Waals surface area contributed by atoms with Gasteiger partial charge in [-0.25, -0.2) is 9.69 Å². The fraction of sp³-hybridized carbons (Fsp3) is 0.333. The third-order valence-electron chi connectivity index (χ3n) is 4.14. The summed E-state index contributed by atoms with van der Waals surface area (Å²) in [5.74, 6) is -1.90. The zero-order valence-corrected chi connectivity index (χ0v) is 13.1. The molecule has 0 N–H and O–H groups in total. The lowest BCUT2D eigenvalue weighted by atomic mass is 9.92. The van der Waals surface area contributed by atoms with Gasteiger partial charge < -0.3 is 4.74 Å². The molecule has 1 spiro atoms. The monoisotopic (exact) mass is 330 g/mol. The lowest BCUT2D eigenvalue weighted by Gasteiger charge is -2.24. The molecule has 1 fully saturated rings. The van der Waals surface area contributed by atoms with Crippen LogP contribution in [0.5, 0.6) is 0 Å². The van der Waals surface area contributed by atoms with Gasteiger partial charge in [-0.1, -0.05) is 17.7 Å². The summed E-state index contributed by atoms with van der Waals surface area (Å²) in [5.41, 5.74) is -0.359. The quantitative estimate of drug-likeness (QED) is 0.463. The van der Waals surface area contributed by atoms with E-state index < -0.39 is 23.3 Å². The van der Waals surface area contributed by atoms with Crippen molar-refractivity contribution in [3.8, 4) is 0 Å². The van der Waals surface area contributed by atoms with Crippen LogP contribution in [0.25, 0.3) is 0 Å². The van der Waals surface area contributed by atoms with Crippen LogP contribution in [-0.2, 0) is 19.1 Å². The lowest BCUT2D eigenvalue weighted by molar-refractivity contribution is -0.132. The Labute approximate surface area is 136 Å². The minimum Gasteiger partial charge on any atom is -0.464 e. The number of methoxy groups -OCH3 is 1. The molecule has 2 aliphatic rings. The van der Waals surface area contributed by atoms with Gasteiger partial charge in [-0.05, 0) is 19.1 Å². The number of ether oxygens (including phenoxy) is 1. The molecule has 0 aliphatic carbocycles. The molecule has 2 amide bonds. The van der Waals surface area contributed by atoms with Gasteiger partial charge in [0.1, 0.15) is 0 Å². The Balaban J connectivity index is 1.97. The molecule has 0 radical (unpaired) electrons. The molecule has 3 rings (SSSR count). The first-order chi connectivity index (χ1) is 11.4. The standard InChI is InChI=1S/C15H14N4O5/c1-9-3-5-10(6-4-9)18-12(20)8-15(14(18)22)7-11(13(21)24-2)16-19(15)17-23/h3-6H,7-8H2,1-2H3. The number of hydrazone groups is 1. The summed E-state index contributed by atoms with van der Waals surface area (Å²) < 4.78 is 4.57. The molecule has 24 heavy (non-hydrogen) atoms. The predicted molar refractivity (Wildman–Crippen MR) is 82.7 cm³/mol. The van der Waals surface area contributed by atoms with E-state index in [-0.39, 0.29) is 18.6 Å². The van der Waals surface area contributed by atoms with Crippen LogP contribution in [0.2, 0.25) is 0 Å². The van der Waals surface area contributed by atoms with Gasteiger partial charge in [0, 0.05) is 6.42 Å². The summed E-state index contributed by atoms with van der Waals surface area (Å²) in [7, 11) is 1.16. The van der Waals surface area contributed by atoms with Crippen LogP contribution in [0.15, 0.2) is 34.7 Å². The normalized spacial score (nSPS) is 23.0. The zero-order chi connectivity index (χ0) is 17.5. The summed E-state index contributed by atoms with van der Waals surface area (Å²) in [6.07, 6.45) is -0.506. The van der Waals surface area contributed by atoms with E-state index in [9.17, 15) is 19.3 Å². The molecular formula is C15H14N4O5. The molecule has 1 atom stereocenters. The van der Waals surface area contributed by atoms with Gasteiger partial charge in [-0.3, -0.25) is 9.59 Å². The van der Waals surface area contributed by atoms with Crippen molar-refractivity contribution in [2.75, 3.05) is 12.0 Å². The average Bonchev–Trinajstić information content (AvgIpc) is 3.06. The number of aryl methyl sites for hydroxylation is 1. The molecule has 1 unspecified atom stereocenters. The Hall–Kier alpha value is -3.10. The molecule has 1 saturated heterocycles. The third kappa shape index (κ3) is 2.16. The van der Waals surface area contributed by atoms with Gasteiger partial charge >= 0.3 is 5.97 Å². The summed E-state index contributed by atoms with van der Waals surface area (Å²) in [6, 6.07) is 6.81.